The Morgan fingerprint density at radius 1 is 0.828 bits per heavy atom. The SMILES string of the molecule is O=C(CCOc1ccccc1)Nc1nc(-c2ccc(-c3ccccc3)cc2)cs1. The van der Waals surface area contributed by atoms with Gasteiger partial charge in [-0.1, -0.05) is 72.8 Å². The lowest BCUT2D eigenvalue weighted by Crippen LogP contribution is -2.15. The first-order valence-corrected chi connectivity index (χ1v) is 10.2. The highest BCUT2D eigenvalue weighted by atomic mass is 32.1. The zero-order valence-corrected chi connectivity index (χ0v) is 16.6. The van der Waals surface area contributed by atoms with Crippen molar-refractivity contribution in [3.63, 3.8) is 0 Å². The topological polar surface area (TPSA) is 51.2 Å². The number of rotatable bonds is 7. The Bertz CT molecular complexity index is 1060. The fourth-order valence-electron chi connectivity index (χ4n) is 2.89. The number of anilines is 1. The molecular formula is C24H20N2O2S. The van der Waals surface area contributed by atoms with E-state index in [1.165, 1.54) is 16.9 Å². The molecule has 1 aromatic heterocycles. The minimum Gasteiger partial charge on any atom is -0.493 e. The van der Waals surface area contributed by atoms with E-state index in [-0.39, 0.29) is 12.3 Å². The van der Waals surface area contributed by atoms with Crippen molar-refractivity contribution in [3.05, 3.63) is 90.3 Å². The van der Waals surface area contributed by atoms with Gasteiger partial charge in [0.2, 0.25) is 5.91 Å². The van der Waals surface area contributed by atoms with E-state index in [4.69, 9.17) is 4.74 Å². The number of nitrogens with one attached hydrogen (secondary N) is 1. The molecule has 144 valence electrons. The molecule has 4 nitrogen and oxygen atoms in total. The van der Waals surface area contributed by atoms with Gasteiger partial charge < -0.3 is 10.1 Å². The number of hydrogen-bond acceptors (Lipinski definition) is 4. The molecule has 0 fully saturated rings. The predicted molar refractivity (Wildman–Crippen MR) is 118 cm³/mol. The van der Waals surface area contributed by atoms with Gasteiger partial charge in [-0.15, -0.1) is 11.3 Å². The van der Waals surface area contributed by atoms with Crippen LogP contribution in [0.5, 0.6) is 5.75 Å². The summed E-state index contributed by atoms with van der Waals surface area (Å²) in [5.41, 5.74) is 4.22. The van der Waals surface area contributed by atoms with E-state index in [9.17, 15) is 4.79 Å². The monoisotopic (exact) mass is 400 g/mol. The van der Waals surface area contributed by atoms with E-state index in [0.717, 1.165) is 22.6 Å². The smallest absolute Gasteiger partial charge is 0.229 e. The van der Waals surface area contributed by atoms with E-state index < -0.39 is 0 Å². The van der Waals surface area contributed by atoms with Crippen molar-refractivity contribution in [2.75, 3.05) is 11.9 Å². The molecule has 1 N–H and O–H groups in total. The van der Waals surface area contributed by atoms with Gasteiger partial charge in [0.25, 0.3) is 0 Å². The van der Waals surface area contributed by atoms with Crippen LogP contribution in [0.1, 0.15) is 6.42 Å². The summed E-state index contributed by atoms with van der Waals surface area (Å²) in [7, 11) is 0. The third-order valence-electron chi connectivity index (χ3n) is 4.38. The van der Waals surface area contributed by atoms with Crippen molar-refractivity contribution < 1.29 is 9.53 Å². The first-order chi connectivity index (χ1) is 14.3. The number of amides is 1. The molecule has 0 saturated heterocycles. The van der Waals surface area contributed by atoms with Crippen molar-refractivity contribution in [3.8, 4) is 28.1 Å². The average molecular weight is 401 g/mol. The predicted octanol–water partition coefficient (Wildman–Crippen LogP) is 5.88. The Balaban J connectivity index is 1.32. The zero-order valence-electron chi connectivity index (χ0n) is 15.7. The van der Waals surface area contributed by atoms with E-state index in [2.05, 4.69) is 46.7 Å². The van der Waals surface area contributed by atoms with E-state index >= 15 is 0 Å². The van der Waals surface area contributed by atoms with Crippen LogP contribution in [-0.4, -0.2) is 17.5 Å². The molecule has 0 aliphatic heterocycles. The van der Waals surface area contributed by atoms with Gasteiger partial charge in [-0.25, -0.2) is 4.98 Å². The summed E-state index contributed by atoms with van der Waals surface area (Å²) in [6, 6.07) is 28.0. The Kier molecular flexibility index (Phi) is 5.98. The molecule has 0 bridgehead atoms. The summed E-state index contributed by atoms with van der Waals surface area (Å²) in [5.74, 6) is 0.650. The van der Waals surface area contributed by atoms with Crippen LogP contribution < -0.4 is 10.1 Å². The highest BCUT2D eigenvalue weighted by Gasteiger charge is 2.09. The molecule has 1 amide bonds. The van der Waals surface area contributed by atoms with Gasteiger partial charge >= 0.3 is 0 Å². The normalized spacial score (nSPS) is 10.5. The minimum absolute atomic E-state index is 0.110. The highest BCUT2D eigenvalue weighted by molar-refractivity contribution is 7.14. The fraction of sp³-hybridized carbons (Fsp3) is 0.0833. The van der Waals surface area contributed by atoms with E-state index in [0.29, 0.717) is 11.7 Å². The summed E-state index contributed by atoms with van der Waals surface area (Å²) in [6.07, 6.45) is 0.273. The third kappa shape index (κ3) is 5.09. The molecule has 4 rings (SSSR count). The van der Waals surface area contributed by atoms with Crippen molar-refractivity contribution in [2.45, 2.75) is 6.42 Å². The number of benzene rings is 3. The standard InChI is InChI=1S/C24H20N2O2S/c27-23(15-16-28-21-9-5-2-6-10-21)26-24-25-22(17-29-24)20-13-11-19(12-14-20)18-7-3-1-4-8-18/h1-14,17H,15-16H2,(H,25,26,27). The number of para-hydroxylation sites is 1. The molecule has 1 heterocycles. The maximum absolute atomic E-state index is 12.1. The number of thiazole rings is 1. The van der Waals surface area contributed by atoms with Crippen LogP contribution in [0.3, 0.4) is 0 Å². The van der Waals surface area contributed by atoms with Crippen molar-refractivity contribution in [1.82, 2.24) is 4.98 Å². The molecule has 3 aromatic carbocycles. The maximum Gasteiger partial charge on any atom is 0.229 e. The molecule has 0 atom stereocenters. The molecule has 29 heavy (non-hydrogen) atoms. The van der Waals surface area contributed by atoms with Crippen molar-refractivity contribution in [2.24, 2.45) is 0 Å². The largest absolute Gasteiger partial charge is 0.493 e. The van der Waals surface area contributed by atoms with Gasteiger partial charge in [-0.05, 0) is 23.3 Å². The Labute approximate surface area is 173 Å². The van der Waals surface area contributed by atoms with Crippen LogP contribution in [0.4, 0.5) is 5.13 Å². The summed E-state index contributed by atoms with van der Waals surface area (Å²) in [5, 5.41) is 5.39. The Hall–Kier alpha value is -3.44. The second kappa shape index (κ2) is 9.17. The lowest BCUT2D eigenvalue weighted by molar-refractivity contribution is -0.116. The number of hydrogen-bond donors (Lipinski definition) is 1. The zero-order chi connectivity index (χ0) is 19.9. The second-order valence-electron chi connectivity index (χ2n) is 6.44. The lowest BCUT2D eigenvalue weighted by atomic mass is 10.0. The first-order valence-electron chi connectivity index (χ1n) is 9.37. The second-order valence-corrected chi connectivity index (χ2v) is 7.30. The van der Waals surface area contributed by atoms with E-state index in [1.54, 1.807) is 0 Å². The summed E-state index contributed by atoms with van der Waals surface area (Å²) in [4.78, 5) is 16.7. The van der Waals surface area contributed by atoms with Crippen LogP contribution in [0, 0.1) is 0 Å². The van der Waals surface area contributed by atoms with Gasteiger partial charge in [-0.2, -0.15) is 0 Å². The number of carbonyl (C=O) groups excluding carboxylic acids is 1. The lowest BCUT2D eigenvalue weighted by Gasteiger charge is -2.05. The minimum atomic E-state index is -0.110. The summed E-state index contributed by atoms with van der Waals surface area (Å²) >= 11 is 1.42. The molecule has 0 unspecified atom stereocenters. The maximum atomic E-state index is 12.1. The third-order valence-corrected chi connectivity index (χ3v) is 5.14. The Morgan fingerprint density at radius 3 is 2.17 bits per heavy atom. The highest BCUT2D eigenvalue weighted by Crippen LogP contribution is 2.27. The average Bonchev–Trinajstić information content (AvgIpc) is 3.23. The Morgan fingerprint density at radius 2 is 1.45 bits per heavy atom. The van der Waals surface area contributed by atoms with Crippen LogP contribution >= 0.6 is 11.3 Å². The molecule has 0 aliphatic carbocycles. The van der Waals surface area contributed by atoms with Crippen LogP contribution in [-0.2, 0) is 4.79 Å². The van der Waals surface area contributed by atoms with Gasteiger partial charge in [-0.3, -0.25) is 4.79 Å². The summed E-state index contributed by atoms with van der Waals surface area (Å²) in [6.45, 7) is 0.328. The van der Waals surface area contributed by atoms with Gasteiger partial charge in [0.1, 0.15) is 5.75 Å². The molecule has 0 aliphatic rings. The first kappa shape index (κ1) is 18.9. The van der Waals surface area contributed by atoms with Crippen molar-refractivity contribution in [1.29, 1.82) is 0 Å². The van der Waals surface area contributed by atoms with E-state index in [1.807, 2.05) is 53.9 Å². The number of aromatic nitrogens is 1. The van der Waals surface area contributed by atoms with Crippen LogP contribution in [0.15, 0.2) is 90.3 Å². The molecule has 4 aromatic rings. The quantitative estimate of drug-likeness (QED) is 0.421. The molecule has 0 saturated carbocycles. The van der Waals surface area contributed by atoms with Crippen molar-refractivity contribution >= 4 is 22.4 Å². The van der Waals surface area contributed by atoms with Gasteiger partial charge in [0.05, 0.1) is 18.7 Å². The molecule has 5 heteroatoms. The van der Waals surface area contributed by atoms with Crippen LogP contribution in [0.25, 0.3) is 22.4 Å². The van der Waals surface area contributed by atoms with Gasteiger partial charge in [0.15, 0.2) is 5.13 Å². The fourth-order valence-corrected chi connectivity index (χ4v) is 3.62. The number of carbonyl (C=O) groups is 1. The van der Waals surface area contributed by atoms with Crippen LogP contribution in [0.2, 0.25) is 0 Å². The summed E-state index contributed by atoms with van der Waals surface area (Å²) < 4.78 is 5.56. The number of nitrogens with zero attached hydrogens (tertiary/aromatic N) is 1. The number of ether oxygens (including phenoxy) is 1. The molecule has 0 radical (unpaired) electrons. The molecule has 0 spiro atoms. The van der Waals surface area contributed by atoms with Gasteiger partial charge in [0, 0.05) is 10.9 Å². The molecular weight excluding hydrogens is 380 g/mol.